The summed E-state index contributed by atoms with van der Waals surface area (Å²) in [5.74, 6) is -0.931. The van der Waals surface area contributed by atoms with Gasteiger partial charge in [-0.25, -0.2) is 4.79 Å². The van der Waals surface area contributed by atoms with Crippen molar-refractivity contribution < 1.29 is 14.3 Å². The Morgan fingerprint density at radius 1 is 1.38 bits per heavy atom. The van der Waals surface area contributed by atoms with E-state index in [9.17, 15) is 9.59 Å². The molecule has 0 radical (unpaired) electrons. The van der Waals surface area contributed by atoms with E-state index in [0.717, 1.165) is 10.0 Å². The van der Waals surface area contributed by atoms with Gasteiger partial charge in [0.2, 0.25) is 0 Å². The summed E-state index contributed by atoms with van der Waals surface area (Å²) >= 11 is 3.31. The third kappa shape index (κ3) is 3.31. The van der Waals surface area contributed by atoms with Gasteiger partial charge in [-0.2, -0.15) is 0 Å². The molecule has 0 aliphatic rings. The van der Waals surface area contributed by atoms with Gasteiger partial charge in [0, 0.05) is 4.47 Å². The van der Waals surface area contributed by atoms with Gasteiger partial charge in [-0.15, -0.1) is 0 Å². The molecular formula is C12H11BrO3. The summed E-state index contributed by atoms with van der Waals surface area (Å²) in [5, 5.41) is 0. The molecule has 0 spiro atoms. The van der Waals surface area contributed by atoms with E-state index in [0.29, 0.717) is 0 Å². The van der Waals surface area contributed by atoms with E-state index >= 15 is 0 Å². The van der Waals surface area contributed by atoms with Crippen LogP contribution in [0.3, 0.4) is 0 Å². The van der Waals surface area contributed by atoms with Crippen LogP contribution in [0.25, 0.3) is 6.08 Å². The Morgan fingerprint density at radius 2 is 2.06 bits per heavy atom. The zero-order chi connectivity index (χ0) is 12.1. The first kappa shape index (κ1) is 12.6. The maximum absolute atomic E-state index is 11.3. The van der Waals surface area contributed by atoms with E-state index in [4.69, 9.17) is 0 Å². The van der Waals surface area contributed by atoms with Crippen molar-refractivity contribution in [3.05, 3.63) is 39.9 Å². The molecule has 0 amide bonds. The molecule has 0 aromatic heterocycles. The number of Topliss-reactive ketones (excluding diaryl/α,β-unsaturated/α-hetero) is 1. The summed E-state index contributed by atoms with van der Waals surface area (Å²) in [7, 11) is 1.25. The molecule has 84 valence electrons. The van der Waals surface area contributed by atoms with Crippen molar-refractivity contribution >= 4 is 33.8 Å². The topological polar surface area (TPSA) is 43.4 Å². The molecule has 0 unspecified atom stereocenters. The second-order valence-electron chi connectivity index (χ2n) is 3.16. The number of methoxy groups -OCH3 is 1. The molecule has 0 atom stereocenters. The second kappa shape index (κ2) is 5.61. The van der Waals surface area contributed by atoms with Crippen LogP contribution in [0.2, 0.25) is 0 Å². The van der Waals surface area contributed by atoms with Gasteiger partial charge in [-0.3, -0.25) is 4.79 Å². The summed E-state index contributed by atoms with van der Waals surface area (Å²) in [6.45, 7) is 1.33. The number of hydrogen-bond donors (Lipinski definition) is 0. The highest BCUT2D eigenvalue weighted by atomic mass is 79.9. The van der Waals surface area contributed by atoms with Gasteiger partial charge < -0.3 is 4.74 Å². The number of carbonyl (C=O) groups is 2. The van der Waals surface area contributed by atoms with Crippen molar-refractivity contribution in [2.75, 3.05) is 7.11 Å². The maximum Gasteiger partial charge on any atom is 0.341 e. The van der Waals surface area contributed by atoms with Crippen LogP contribution in [0.5, 0.6) is 0 Å². The lowest BCUT2D eigenvalue weighted by molar-refractivity contribution is -0.137. The highest BCUT2D eigenvalue weighted by Crippen LogP contribution is 2.15. The molecule has 0 bridgehead atoms. The molecule has 1 aromatic carbocycles. The first-order valence-electron chi connectivity index (χ1n) is 4.61. The summed E-state index contributed by atoms with van der Waals surface area (Å²) in [5.41, 5.74) is 0.811. The molecule has 0 N–H and O–H groups in total. The van der Waals surface area contributed by atoms with Gasteiger partial charge in [0.1, 0.15) is 5.57 Å². The molecule has 0 aliphatic heterocycles. The third-order valence-electron chi connectivity index (χ3n) is 1.94. The van der Waals surface area contributed by atoms with Gasteiger partial charge in [-0.1, -0.05) is 28.1 Å². The minimum Gasteiger partial charge on any atom is -0.465 e. The Bertz CT molecular complexity index is 449. The predicted octanol–water partition coefficient (Wildman–Crippen LogP) is 2.59. The summed E-state index contributed by atoms with van der Waals surface area (Å²) < 4.78 is 5.42. The first-order chi connectivity index (χ1) is 7.54. The fraction of sp³-hybridized carbons (Fsp3) is 0.167. The van der Waals surface area contributed by atoms with Crippen molar-refractivity contribution in [2.24, 2.45) is 0 Å². The van der Waals surface area contributed by atoms with Gasteiger partial charge in [0.05, 0.1) is 7.11 Å². The monoisotopic (exact) mass is 282 g/mol. The van der Waals surface area contributed by atoms with Gasteiger partial charge >= 0.3 is 5.97 Å². The first-order valence-corrected chi connectivity index (χ1v) is 5.40. The minimum atomic E-state index is -0.618. The standard InChI is InChI=1S/C12H11BrO3/c1-8(14)11(12(15)16-2)7-9-4-3-5-10(13)6-9/h3-7H,1-2H3/b11-7-. The number of hydrogen-bond acceptors (Lipinski definition) is 3. The van der Waals surface area contributed by atoms with E-state index in [2.05, 4.69) is 20.7 Å². The van der Waals surface area contributed by atoms with Crippen LogP contribution in [-0.4, -0.2) is 18.9 Å². The van der Waals surface area contributed by atoms with Crippen molar-refractivity contribution in [2.45, 2.75) is 6.92 Å². The molecule has 1 rings (SSSR count). The lowest BCUT2D eigenvalue weighted by Gasteiger charge is -2.01. The van der Waals surface area contributed by atoms with Crippen molar-refractivity contribution in [3.8, 4) is 0 Å². The third-order valence-corrected chi connectivity index (χ3v) is 2.44. The van der Waals surface area contributed by atoms with Crippen LogP contribution < -0.4 is 0 Å². The van der Waals surface area contributed by atoms with Gasteiger partial charge in [0.15, 0.2) is 5.78 Å². The molecule has 0 saturated carbocycles. The number of ketones is 1. The molecule has 16 heavy (non-hydrogen) atoms. The predicted molar refractivity (Wildman–Crippen MR) is 64.8 cm³/mol. The highest BCUT2D eigenvalue weighted by Gasteiger charge is 2.14. The SMILES string of the molecule is COC(=O)/C(=C\c1cccc(Br)c1)C(C)=O. The van der Waals surface area contributed by atoms with E-state index in [1.807, 2.05) is 18.2 Å². The average Bonchev–Trinajstić information content (AvgIpc) is 2.24. The van der Waals surface area contributed by atoms with Crippen molar-refractivity contribution in [3.63, 3.8) is 0 Å². The summed E-state index contributed by atoms with van der Waals surface area (Å²) in [6, 6.07) is 7.30. The lowest BCUT2D eigenvalue weighted by atomic mass is 10.1. The Kier molecular flexibility index (Phi) is 4.43. The molecular weight excluding hydrogens is 272 g/mol. The Hall–Kier alpha value is -1.42. The molecule has 0 heterocycles. The quantitative estimate of drug-likeness (QED) is 0.370. The highest BCUT2D eigenvalue weighted by molar-refractivity contribution is 9.10. The van der Waals surface area contributed by atoms with Crippen LogP contribution in [0.15, 0.2) is 34.3 Å². The summed E-state index contributed by atoms with van der Waals surface area (Å²) in [4.78, 5) is 22.6. The summed E-state index contributed by atoms with van der Waals surface area (Å²) in [6.07, 6.45) is 1.51. The molecule has 0 saturated heterocycles. The number of ether oxygens (including phenoxy) is 1. The maximum atomic E-state index is 11.3. The number of carbonyl (C=O) groups excluding carboxylic acids is 2. The van der Waals surface area contributed by atoms with Gasteiger partial charge in [0.25, 0.3) is 0 Å². The van der Waals surface area contributed by atoms with E-state index in [-0.39, 0.29) is 11.4 Å². The number of esters is 1. The average molecular weight is 283 g/mol. The van der Waals surface area contributed by atoms with Crippen molar-refractivity contribution in [1.82, 2.24) is 0 Å². The van der Waals surface area contributed by atoms with Crippen LogP contribution >= 0.6 is 15.9 Å². The van der Waals surface area contributed by atoms with Gasteiger partial charge in [-0.05, 0) is 30.7 Å². The number of rotatable bonds is 3. The lowest BCUT2D eigenvalue weighted by Crippen LogP contribution is -2.11. The normalized spacial score (nSPS) is 11.1. The minimum absolute atomic E-state index is 0.0422. The zero-order valence-corrected chi connectivity index (χ0v) is 10.6. The Morgan fingerprint density at radius 3 is 2.56 bits per heavy atom. The molecule has 0 aliphatic carbocycles. The molecule has 4 heteroatoms. The fourth-order valence-corrected chi connectivity index (χ4v) is 1.59. The van der Waals surface area contributed by atoms with Crippen LogP contribution in [0.1, 0.15) is 12.5 Å². The Balaban J connectivity index is 3.12. The van der Waals surface area contributed by atoms with E-state index in [1.54, 1.807) is 6.07 Å². The fourth-order valence-electron chi connectivity index (χ4n) is 1.18. The number of benzene rings is 1. The van der Waals surface area contributed by atoms with Crippen LogP contribution in [0.4, 0.5) is 0 Å². The van der Waals surface area contributed by atoms with E-state index in [1.165, 1.54) is 20.1 Å². The van der Waals surface area contributed by atoms with Crippen LogP contribution in [0, 0.1) is 0 Å². The second-order valence-corrected chi connectivity index (χ2v) is 4.08. The molecule has 0 fully saturated rings. The van der Waals surface area contributed by atoms with E-state index < -0.39 is 5.97 Å². The molecule has 3 nitrogen and oxygen atoms in total. The number of halogens is 1. The smallest absolute Gasteiger partial charge is 0.341 e. The zero-order valence-electron chi connectivity index (χ0n) is 8.99. The largest absolute Gasteiger partial charge is 0.465 e. The molecule has 1 aromatic rings. The Labute approximate surface area is 102 Å². The van der Waals surface area contributed by atoms with Crippen LogP contribution in [-0.2, 0) is 14.3 Å². The van der Waals surface area contributed by atoms with Crippen molar-refractivity contribution in [1.29, 1.82) is 0 Å².